The second kappa shape index (κ2) is 9.62. The van der Waals surface area contributed by atoms with Gasteiger partial charge < -0.3 is 20.4 Å². The Morgan fingerprint density at radius 2 is 2.13 bits per heavy atom. The lowest BCUT2D eigenvalue weighted by Crippen LogP contribution is -2.55. The first-order valence-electron chi connectivity index (χ1n) is 9.68. The fraction of sp³-hybridized carbons (Fsp3) is 0.400. The summed E-state index contributed by atoms with van der Waals surface area (Å²) in [5, 5.41) is 10.8. The van der Waals surface area contributed by atoms with E-state index in [4.69, 9.17) is 11.6 Å². The largest absolute Gasteiger partial charge is 0.356 e. The Balaban J connectivity index is 1.48. The SMILES string of the molecule is CN=C(NCCC(=O)Nc1cccc(Cl)c1C)N1CCN(c2cnn(C)c2)C(=O)C1. The number of rotatable bonds is 5. The highest BCUT2D eigenvalue weighted by Gasteiger charge is 2.27. The van der Waals surface area contributed by atoms with Crippen molar-refractivity contribution in [2.45, 2.75) is 13.3 Å². The van der Waals surface area contributed by atoms with Crippen molar-refractivity contribution in [3.63, 3.8) is 0 Å². The second-order valence-corrected chi connectivity index (χ2v) is 7.43. The Hall–Kier alpha value is -3.07. The number of halogens is 1. The third-order valence-electron chi connectivity index (χ3n) is 4.91. The van der Waals surface area contributed by atoms with E-state index in [2.05, 4.69) is 20.7 Å². The van der Waals surface area contributed by atoms with E-state index in [0.717, 1.165) is 11.3 Å². The number of nitrogens with one attached hydrogen (secondary N) is 2. The average Bonchev–Trinajstić information content (AvgIpc) is 3.14. The molecule has 3 rings (SSSR count). The molecule has 0 atom stereocenters. The van der Waals surface area contributed by atoms with E-state index in [0.29, 0.717) is 36.3 Å². The van der Waals surface area contributed by atoms with Crippen LogP contribution >= 0.6 is 11.6 Å². The van der Waals surface area contributed by atoms with Crippen molar-refractivity contribution >= 4 is 40.7 Å². The minimum absolute atomic E-state index is 0.0219. The van der Waals surface area contributed by atoms with Gasteiger partial charge in [0, 0.05) is 57.1 Å². The van der Waals surface area contributed by atoms with Gasteiger partial charge in [0.15, 0.2) is 5.96 Å². The number of carbonyl (C=O) groups is 2. The van der Waals surface area contributed by atoms with Gasteiger partial charge in [-0.1, -0.05) is 17.7 Å². The van der Waals surface area contributed by atoms with Crippen molar-refractivity contribution in [3.05, 3.63) is 41.2 Å². The van der Waals surface area contributed by atoms with E-state index < -0.39 is 0 Å². The molecule has 160 valence electrons. The second-order valence-electron chi connectivity index (χ2n) is 7.02. The normalized spacial score (nSPS) is 14.8. The molecule has 1 aliphatic rings. The van der Waals surface area contributed by atoms with Crippen LogP contribution in [0.4, 0.5) is 11.4 Å². The number of aryl methyl sites for hydroxylation is 1. The molecule has 2 amide bonds. The zero-order chi connectivity index (χ0) is 21.7. The zero-order valence-electron chi connectivity index (χ0n) is 17.4. The molecule has 0 unspecified atom stereocenters. The average molecular weight is 432 g/mol. The summed E-state index contributed by atoms with van der Waals surface area (Å²) in [5.74, 6) is 0.452. The number of hydrogen-bond acceptors (Lipinski definition) is 4. The first-order chi connectivity index (χ1) is 14.4. The minimum atomic E-state index is -0.124. The van der Waals surface area contributed by atoms with Crippen molar-refractivity contribution in [1.82, 2.24) is 20.0 Å². The van der Waals surface area contributed by atoms with Crippen LogP contribution in [0, 0.1) is 6.92 Å². The van der Waals surface area contributed by atoms with Gasteiger partial charge in [0.2, 0.25) is 11.8 Å². The lowest BCUT2D eigenvalue weighted by Gasteiger charge is -2.35. The van der Waals surface area contributed by atoms with Crippen LogP contribution in [0.5, 0.6) is 0 Å². The molecule has 0 bridgehead atoms. The Labute approximate surface area is 180 Å². The standard InChI is InChI=1S/C20H26ClN7O2/c1-14-16(21)5-4-6-17(14)25-18(29)7-8-23-20(22-2)27-9-10-28(19(30)13-27)15-11-24-26(3)12-15/h4-6,11-12H,7-10,13H2,1-3H3,(H,22,23)(H,25,29). The molecular formula is C20H26ClN7O2. The molecule has 1 aromatic carbocycles. The molecule has 30 heavy (non-hydrogen) atoms. The summed E-state index contributed by atoms with van der Waals surface area (Å²) in [6.07, 6.45) is 3.76. The Morgan fingerprint density at radius 1 is 1.33 bits per heavy atom. The quantitative estimate of drug-likeness (QED) is 0.554. The highest BCUT2D eigenvalue weighted by molar-refractivity contribution is 6.31. The van der Waals surface area contributed by atoms with Crippen LogP contribution in [0.15, 0.2) is 35.6 Å². The van der Waals surface area contributed by atoms with Gasteiger partial charge in [0.05, 0.1) is 11.9 Å². The highest BCUT2D eigenvalue weighted by Crippen LogP contribution is 2.23. The minimum Gasteiger partial charge on any atom is -0.356 e. The fourth-order valence-corrected chi connectivity index (χ4v) is 3.42. The van der Waals surface area contributed by atoms with Gasteiger partial charge in [-0.05, 0) is 24.6 Å². The maximum atomic E-state index is 12.6. The van der Waals surface area contributed by atoms with Crippen LogP contribution in [-0.2, 0) is 16.6 Å². The van der Waals surface area contributed by atoms with E-state index in [1.54, 1.807) is 35.0 Å². The third kappa shape index (κ3) is 5.10. The third-order valence-corrected chi connectivity index (χ3v) is 5.32. The molecule has 10 heteroatoms. The number of benzene rings is 1. The number of carbonyl (C=O) groups excluding carboxylic acids is 2. The van der Waals surface area contributed by atoms with Gasteiger partial charge >= 0.3 is 0 Å². The Morgan fingerprint density at radius 3 is 2.80 bits per heavy atom. The zero-order valence-corrected chi connectivity index (χ0v) is 18.1. The van der Waals surface area contributed by atoms with Gasteiger partial charge in [0.25, 0.3) is 0 Å². The Kier molecular flexibility index (Phi) is 6.94. The van der Waals surface area contributed by atoms with Gasteiger partial charge in [0.1, 0.15) is 6.54 Å². The summed E-state index contributed by atoms with van der Waals surface area (Å²) in [6.45, 7) is 3.64. The molecule has 0 spiro atoms. The topological polar surface area (TPSA) is 94.9 Å². The van der Waals surface area contributed by atoms with Crippen LogP contribution in [-0.4, -0.2) is 65.7 Å². The summed E-state index contributed by atoms with van der Waals surface area (Å²) in [5.41, 5.74) is 2.33. The van der Waals surface area contributed by atoms with Gasteiger partial charge in [-0.25, -0.2) is 0 Å². The maximum absolute atomic E-state index is 12.6. The molecule has 1 aliphatic heterocycles. The summed E-state index contributed by atoms with van der Waals surface area (Å²) in [6, 6.07) is 5.40. The highest BCUT2D eigenvalue weighted by atomic mass is 35.5. The van der Waals surface area contributed by atoms with E-state index >= 15 is 0 Å². The summed E-state index contributed by atoms with van der Waals surface area (Å²) in [7, 11) is 3.48. The van der Waals surface area contributed by atoms with Crippen LogP contribution in [0.2, 0.25) is 5.02 Å². The lowest BCUT2D eigenvalue weighted by molar-refractivity contribution is -0.120. The lowest BCUT2D eigenvalue weighted by atomic mass is 10.2. The van der Waals surface area contributed by atoms with Crippen molar-refractivity contribution in [1.29, 1.82) is 0 Å². The first kappa shape index (κ1) is 21.6. The van der Waals surface area contributed by atoms with E-state index in [9.17, 15) is 9.59 Å². The predicted octanol–water partition coefficient (Wildman–Crippen LogP) is 1.63. The first-order valence-corrected chi connectivity index (χ1v) is 10.1. The number of hydrogen-bond donors (Lipinski definition) is 2. The molecule has 9 nitrogen and oxygen atoms in total. The Bertz CT molecular complexity index is 956. The van der Waals surface area contributed by atoms with Crippen LogP contribution in [0.25, 0.3) is 0 Å². The number of aromatic nitrogens is 2. The van der Waals surface area contributed by atoms with E-state index in [1.807, 2.05) is 31.1 Å². The molecule has 2 aromatic rings. The van der Waals surface area contributed by atoms with E-state index in [1.165, 1.54) is 0 Å². The molecule has 1 aromatic heterocycles. The molecule has 2 N–H and O–H groups in total. The van der Waals surface area contributed by atoms with Crippen LogP contribution in [0.1, 0.15) is 12.0 Å². The number of amides is 2. The van der Waals surface area contributed by atoms with Crippen molar-refractivity contribution in [3.8, 4) is 0 Å². The molecule has 1 fully saturated rings. The van der Waals surface area contributed by atoms with Gasteiger partial charge in [-0.2, -0.15) is 5.10 Å². The predicted molar refractivity (Wildman–Crippen MR) is 118 cm³/mol. The molecule has 0 saturated carbocycles. The fourth-order valence-electron chi connectivity index (χ4n) is 3.25. The monoisotopic (exact) mass is 431 g/mol. The van der Waals surface area contributed by atoms with Gasteiger partial charge in [-0.15, -0.1) is 0 Å². The maximum Gasteiger partial charge on any atom is 0.246 e. The van der Waals surface area contributed by atoms with Gasteiger partial charge in [-0.3, -0.25) is 19.3 Å². The number of nitrogens with zero attached hydrogens (tertiary/aromatic N) is 5. The summed E-state index contributed by atoms with van der Waals surface area (Å²) < 4.78 is 1.67. The van der Waals surface area contributed by atoms with Crippen LogP contribution in [0.3, 0.4) is 0 Å². The van der Waals surface area contributed by atoms with Crippen LogP contribution < -0.4 is 15.5 Å². The molecule has 1 saturated heterocycles. The van der Waals surface area contributed by atoms with Crippen molar-refractivity contribution < 1.29 is 9.59 Å². The number of anilines is 2. The molecule has 2 heterocycles. The smallest absolute Gasteiger partial charge is 0.246 e. The summed E-state index contributed by atoms with van der Waals surface area (Å²) >= 11 is 6.09. The number of aliphatic imine (C=N–C) groups is 1. The van der Waals surface area contributed by atoms with Crippen molar-refractivity contribution in [2.75, 3.05) is 43.4 Å². The number of guanidine groups is 1. The van der Waals surface area contributed by atoms with E-state index in [-0.39, 0.29) is 24.8 Å². The molecule has 0 radical (unpaired) electrons. The summed E-state index contributed by atoms with van der Waals surface area (Å²) in [4.78, 5) is 32.7. The van der Waals surface area contributed by atoms with Crippen molar-refractivity contribution in [2.24, 2.45) is 12.0 Å². The molecule has 0 aliphatic carbocycles. The molecular weight excluding hydrogens is 406 g/mol. The number of piperazine rings is 1.